The van der Waals surface area contributed by atoms with Crippen molar-refractivity contribution in [3.8, 4) is 0 Å². The van der Waals surface area contributed by atoms with Crippen molar-refractivity contribution in [2.75, 3.05) is 18.0 Å². The molecule has 1 aromatic rings. The number of nitrogens with one attached hydrogen (secondary N) is 1. The summed E-state index contributed by atoms with van der Waals surface area (Å²) < 4.78 is 4.23. The number of hydrogen-bond donors (Lipinski definition) is 2. The number of nitrogens with two attached hydrogens (primary N) is 1. The molecule has 5 nitrogen and oxygen atoms in total. The normalized spacial score (nSPS) is 10.3. The molecule has 0 radical (unpaired) electrons. The Bertz CT molecular complexity index is 322. The van der Waals surface area contributed by atoms with Crippen molar-refractivity contribution in [1.29, 1.82) is 5.41 Å². The van der Waals surface area contributed by atoms with E-state index in [4.69, 9.17) is 11.1 Å². The highest BCUT2D eigenvalue weighted by atomic mass is 32.1. The van der Waals surface area contributed by atoms with Gasteiger partial charge in [0.1, 0.15) is 5.82 Å². The van der Waals surface area contributed by atoms with Crippen molar-refractivity contribution in [3.63, 3.8) is 0 Å². The van der Waals surface area contributed by atoms with Gasteiger partial charge in [-0.1, -0.05) is 6.92 Å². The van der Waals surface area contributed by atoms with Gasteiger partial charge in [-0.15, -0.1) is 0 Å². The van der Waals surface area contributed by atoms with E-state index in [-0.39, 0.29) is 5.84 Å². The Morgan fingerprint density at radius 3 is 2.73 bits per heavy atom. The minimum absolute atomic E-state index is 0.216. The van der Waals surface area contributed by atoms with Gasteiger partial charge in [0.2, 0.25) is 5.13 Å². The smallest absolute Gasteiger partial charge is 0.205 e. The van der Waals surface area contributed by atoms with Crippen molar-refractivity contribution >= 4 is 22.5 Å². The molecule has 0 fully saturated rings. The molecule has 0 amide bonds. The fourth-order valence-electron chi connectivity index (χ4n) is 1.16. The molecule has 0 unspecified atom stereocenters. The molecule has 6 heteroatoms. The number of aromatic nitrogens is 2. The first-order chi connectivity index (χ1) is 7.17. The van der Waals surface area contributed by atoms with Crippen LogP contribution in [0.4, 0.5) is 5.13 Å². The van der Waals surface area contributed by atoms with E-state index in [0.717, 1.165) is 30.5 Å². The van der Waals surface area contributed by atoms with E-state index in [1.165, 1.54) is 11.5 Å². The van der Waals surface area contributed by atoms with Gasteiger partial charge in [-0.05, 0) is 6.92 Å². The Kier molecular flexibility index (Phi) is 4.48. The average Bonchev–Trinajstić information content (AvgIpc) is 2.67. The Morgan fingerprint density at radius 1 is 1.53 bits per heavy atom. The zero-order valence-corrected chi connectivity index (χ0v) is 9.97. The fourth-order valence-corrected chi connectivity index (χ4v) is 2.00. The summed E-state index contributed by atoms with van der Waals surface area (Å²) in [5.74, 6) is 1.10. The lowest BCUT2D eigenvalue weighted by Gasteiger charge is -2.18. The molecule has 0 aliphatic heterocycles. The van der Waals surface area contributed by atoms with Gasteiger partial charge in [0, 0.05) is 37.5 Å². The second-order valence-corrected chi connectivity index (χ2v) is 3.93. The molecular formula is C9H17N5S. The third-order valence-electron chi connectivity index (χ3n) is 2.08. The molecule has 3 N–H and O–H groups in total. The minimum Gasteiger partial charge on any atom is -0.388 e. The summed E-state index contributed by atoms with van der Waals surface area (Å²) in [5.41, 5.74) is 5.33. The maximum Gasteiger partial charge on any atom is 0.205 e. The zero-order chi connectivity index (χ0) is 11.3. The van der Waals surface area contributed by atoms with Gasteiger partial charge in [0.05, 0.1) is 5.84 Å². The van der Waals surface area contributed by atoms with E-state index in [9.17, 15) is 0 Å². The molecule has 1 heterocycles. The topological polar surface area (TPSA) is 78.9 Å². The molecule has 84 valence electrons. The highest BCUT2D eigenvalue weighted by Gasteiger charge is 2.10. The van der Waals surface area contributed by atoms with E-state index in [1.54, 1.807) is 0 Å². The number of aryl methyl sites for hydroxylation is 1. The molecular weight excluding hydrogens is 210 g/mol. The van der Waals surface area contributed by atoms with Crippen LogP contribution in [0.5, 0.6) is 0 Å². The molecule has 1 rings (SSSR count). The van der Waals surface area contributed by atoms with Crippen molar-refractivity contribution < 1.29 is 0 Å². The number of hydrogen-bond acceptors (Lipinski definition) is 5. The number of rotatable bonds is 6. The molecule has 0 saturated heterocycles. The lowest BCUT2D eigenvalue weighted by atomic mass is 10.3. The molecule has 0 aliphatic rings. The highest BCUT2D eigenvalue weighted by Crippen LogP contribution is 2.17. The van der Waals surface area contributed by atoms with Crippen LogP contribution < -0.4 is 10.6 Å². The predicted octanol–water partition coefficient (Wildman–Crippen LogP) is 1.25. The molecule has 0 aromatic carbocycles. The predicted molar refractivity (Wildman–Crippen MR) is 63.7 cm³/mol. The lowest BCUT2D eigenvalue weighted by Crippen LogP contribution is -2.27. The summed E-state index contributed by atoms with van der Waals surface area (Å²) in [4.78, 5) is 6.50. The van der Waals surface area contributed by atoms with Crippen LogP contribution in [0, 0.1) is 5.41 Å². The van der Waals surface area contributed by atoms with E-state index in [1.807, 2.05) is 6.92 Å². The van der Waals surface area contributed by atoms with Crippen LogP contribution >= 0.6 is 11.5 Å². The second kappa shape index (κ2) is 5.65. The molecule has 0 aliphatic carbocycles. The Labute approximate surface area is 94.0 Å². The van der Waals surface area contributed by atoms with Crippen molar-refractivity contribution in [3.05, 3.63) is 5.82 Å². The second-order valence-electron chi connectivity index (χ2n) is 3.20. The van der Waals surface area contributed by atoms with Crippen LogP contribution in [0.2, 0.25) is 0 Å². The van der Waals surface area contributed by atoms with Gasteiger partial charge in [-0.2, -0.15) is 4.37 Å². The summed E-state index contributed by atoms with van der Waals surface area (Å²) in [6, 6.07) is 0. The van der Waals surface area contributed by atoms with Crippen molar-refractivity contribution in [1.82, 2.24) is 9.36 Å². The maximum atomic E-state index is 7.19. The van der Waals surface area contributed by atoms with Gasteiger partial charge < -0.3 is 10.6 Å². The molecule has 0 spiro atoms. The number of nitrogens with zero attached hydrogens (tertiary/aromatic N) is 3. The fraction of sp³-hybridized carbons (Fsp3) is 0.667. The zero-order valence-electron chi connectivity index (χ0n) is 9.16. The standard InChI is InChI=1S/C9H17N5S/c1-3-8-12-9(15-13-8)14(4-2)6-5-7(10)11/h3-6H2,1-2H3,(H3,10,11). The highest BCUT2D eigenvalue weighted by molar-refractivity contribution is 7.09. The molecule has 0 atom stereocenters. The monoisotopic (exact) mass is 227 g/mol. The van der Waals surface area contributed by atoms with Crippen LogP contribution in [0.15, 0.2) is 0 Å². The van der Waals surface area contributed by atoms with Crippen LogP contribution in [-0.2, 0) is 6.42 Å². The van der Waals surface area contributed by atoms with Gasteiger partial charge in [0.15, 0.2) is 0 Å². The summed E-state index contributed by atoms with van der Waals surface area (Å²) in [6.07, 6.45) is 1.44. The first kappa shape index (κ1) is 11.9. The Balaban J connectivity index is 2.61. The first-order valence-corrected chi connectivity index (χ1v) is 5.85. The van der Waals surface area contributed by atoms with Crippen molar-refractivity contribution in [2.24, 2.45) is 5.73 Å². The van der Waals surface area contributed by atoms with Gasteiger partial charge in [-0.3, -0.25) is 5.41 Å². The maximum absolute atomic E-state index is 7.19. The summed E-state index contributed by atoms with van der Waals surface area (Å²) in [6.45, 7) is 5.71. The van der Waals surface area contributed by atoms with Crippen LogP contribution in [0.25, 0.3) is 0 Å². The van der Waals surface area contributed by atoms with Crippen LogP contribution in [0.1, 0.15) is 26.1 Å². The third-order valence-corrected chi connectivity index (χ3v) is 2.89. The number of amidine groups is 1. The molecule has 0 saturated carbocycles. The SMILES string of the molecule is CCc1nsc(N(CC)CCC(=N)N)n1. The lowest BCUT2D eigenvalue weighted by molar-refractivity contribution is 0.820. The van der Waals surface area contributed by atoms with Gasteiger partial charge in [-0.25, -0.2) is 4.98 Å². The van der Waals surface area contributed by atoms with Crippen molar-refractivity contribution in [2.45, 2.75) is 26.7 Å². The largest absolute Gasteiger partial charge is 0.388 e. The van der Waals surface area contributed by atoms with E-state index in [2.05, 4.69) is 21.2 Å². The van der Waals surface area contributed by atoms with E-state index < -0.39 is 0 Å². The Morgan fingerprint density at radius 2 is 2.27 bits per heavy atom. The van der Waals surface area contributed by atoms with Crippen LogP contribution in [0.3, 0.4) is 0 Å². The minimum atomic E-state index is 0.216. The third kappa shape index (κ3) is 3.47. The molecule has 1 aromatic heterocycles. The average molecular weight is 227 g/mol. The quantitative estimate of drug-likeness (QED) is 0.566. The van der Waals surface area contributed by atoms with Gasteiger partial charge >= 0.3 is 0 Å². The molecule has 0 bridgehead atoms. The van der Waals surface area contributed by atoms with E-state index >= 15 is 0 Å². The Hall–Kier alpha value is -1.17. The summed E-state index contributed by atoms with van der Waals surface area (Å²) >= 11 is 1.41. The molecule has 15 heavy (non-hydrogen) atoms. The van der Waals surface area contributed by atoms with Gasteiger partial charge in [0.25, 0.3) is 0 Å². The van der Waals surface area contributed by atoms with Crippen LogP contribution in [-0.4, -0.2) is 28.3 Å². The summed E-state index contributed by atoms with van der Waals surface area (Å²) in [5, 5.41) is 8.11. The van der Waals surface area contributed by atoms with E-state index in [0.29, 0.717) is 6.42 Å². The summed E-state index contributed by atoms with van der Waals surface area (Å²) in [7, 11) is 0. The number of anilines is 1. The first-order valence-electron chi connectivity index (χ1n) is 5.07.